The smallest absolute Gasteiger partial charge is 0.242 e. The van der Waals surface area contributed by atoms with Crippen LogP contribution >= 0.6 is 11.6 Å². The molecule has 0 spiro atoms. The zero-order valence-electron chi connectivity index (χ0n) is 17.2. The summed E-state index contributed by atoms with van der Waals surface area (Å²) in [5, 5.41) is 3.78. The molecular weight excluding hydrogens is 384 g/mol. The van der Waals surface area contributed by atoms with E-state index in [1.165, 1.54) is 0 Å². The molecule has 2 amide bonds. The van der Waals surface area contributed by atoms with Gasteiger partial charge in [-0.1, -0.05) is 66.4 Å². The van der Waals surface area contributed by atoms with E-state index in [9.17, 15) is 9.59 Å². The summed E-state index contributed by atoms with van der Waals surface area (Å²) in [6.45, 7) is 4.21. The lowest BCUT2D eigenvalue weighted by molar-refractivity contribution is -0.140. The van der Waals surface area contributed by atoms with Crippen LogP contribution in [0.2, 0.25) is 5.02 Å². The maximum Gasteiger partial charge on any atom is 0.242 e. The number of rotatable bonds is 7. The topological polar surface area (TPSA) is 49.4 Å². The first-order chi connectivity index (χ1) is 13.9. The van der Waals surface area contributed by atoms with Gasteiger partial charge in [-0.3, -0.25) is 9.59 Å². The highest BCUT2D eigenvalue weighted by Crippen LogP contribution is 2.19. The third-order valence-corrected chi connectivity index (χ3v) is 5.86. The van der Waals surface area contributed by atoms with Gasteiger partial charge in [0.1, 0.15) is 6.04 Å². The molecule has 0 heterocycles. The average Bonchev–Trinajstić information content (AvgIpc) is 3.21. The molecule has 2 aromatic carbocycles. The molecular formula is C24H29ClN2O2. The molecule has 0 aromatic heterocycles. The first-order valence-electron chi connectivity index (χ1n) is 10.3. The number of hydrogen-bond acceptors (Lipinski definition) is 2. The van der Waals surface area contributed by atoms with Gasteiger partial charge in [0.05, 0.1) is 6.42 Å². The Morgan fingerprint density at radius 1 is 1.03 bits per heavy atom. The van der Waals surface area contributed by atoms with E-state index in [0.717, 1.165) is 42.4 Å². The van der Waals surface area contributed by atoms with E-state index in [1.54, 1.807) is 4.90 Å². The van der Waals surface area contributed by atoms with Crippen molar-refractivity contribution in [2.75, 3.05) is 0 Å². The van der Waals surface area contributed by atoms with Crippen molar-refractivity contribution in [2.24, 2.45) is 0 Å². The van der Waals surface area contributed by atoms with Crippen LogP contribution in [0, 0.1) is 6.92 Å². The monoisotopic (exact) mass is 412 g/mol. The number of carbonyl (C=O) groups excluding carboxylic acids is 2. The molecule has 5 heteroatoms. The van der Waals surface area contributed by atoms with Crippen molar-refractivity contribution >= 4 is 23.4 Å². The number of amides is 2. The van der Waals surface area contributed by atoms with Gasteiger partial charge in [-0.2, -0.15) is 0 Å². The zero-order valence-corrected chi connectivity index (χ0v) is 17.9. The number of hydrogen-bond donors (Lipinski definition) is 1. The standard InChI is InChI=1S/C24H29ClN2O2/c1-17-7-9-19(10-8-17)15-23(28)27(16-20-11-13-21(25)14-12-20)18(2)24(29)26-22-5-3-4-6-22/h7-14,18,22H,3-6,15-16H2,1-2H3,(H,26,29)/t18-/m0/s1. The predicted molar refractivity (Wildman–Crippen MR) is 117 cm³/mol. The van der Waals surface area contributed by atoms with Crippen LogP contribution in [-0.2, 0) is 22.6 Å². The van der Waals surface area contributed by atoms with Gasteiger partial charge in [0.2, 0.25) is 11.8 Å². The molecule has 154 valence electrons. The van der Waals surface area contributed by atoms with E-state index in [1.807, 2.05) is 62.4 Å². The predicted octanol–water partition coefficient (Wildman–Crippen LogP) is 4.67. The highest BCUT2D eigenvalue weighted by atomic mass is 35.5. The molecule has 2 aromatic rings. The van der Waals surface area contributed by atoms with Crippen molar-refractivity contribution < 1.29 is 9.59 Å². The number of aryl methyl sites for hydroxylation is 1. The van der Waals surface area contributed by atoms with Gasteiger partial charge >= 0.3 is 0 Å². The van der Waals surface area contributed by atoms with E-state index in [0.29, 0.717) is 11.6 Å². The van der Waals surface area contributed by atoms with Gasteiger partial charge in [-0.25, -0.2) is 0 Å². The Balaban J connectivity index is 1.75. The molecule has 1 saturated carbocycles. The lowest BCUT2D eigenvalue weighted by Crippen LogP contribution is -2.50. The second-order valence-electron chi connectivity index (χ2n) is 7.98. The minimum Gasteiger partial charge on any atom is -0.352 e. The van der Waals surface area contributed by atoms with Crippen molar-refractivity contribution in [2.45, 2.75) is 64.6 Å². The van der Waals surface area contributed by atoms with Crippen molar-refractivity contribution in [3.05, 3.63) is 70.2 Å². The number of benzene rings is 2. The first kappa shape index (κ1) is 21.4. The summed E-state index contributed by atoms with van der Waals surface area (Å²) in [6, 6.07) is 15.1. The van der Waals surface area contributed by atoms with E-state index in [2.05, 4.69) is 5.32 Å². The Bertz CT molecular complexity index is 827. The molecule has 0 bridgehead atoms. The maximum atomic E-state index is 13.2. The summed E-state index contributed by atoms with van der Waals surface area (Å²) in [4.78, 5) is 27.7. The largest absolute Gasteiger partial charge is 0.352 e. The van der Waals surface area contributed by atoms with E-state index < -0.39 is 6.04 Å². The molecule has 29 heavy (non-hydrogen) atoms. The normalized spacial score (nSPS) is 15.1. The molecule has 0 radical (unpaired) electrons. The van der Waals surface area contributed by atoms with Gasteiger partial charge in [0, 0.05) is 17.6 Å². The van der Waals surface area contributed by atoms with Crippen LogP contribution in [-0.4, -0.2) is 28.8 Å². The summed E-state index contributed by atoms with van der Waals surface area (Å²) in [6.07, 6.45) is 4.62. The molecule has 1 fully saturated rings. The fourth-order valence-corrected chi connectivity index (χ4v) is 3.87. The van der Waals surface area contributed by atoms with Crippen molar-refractivity contribution in [1.29, 1.82) is 0 Å². The minimum absolute atomic E-state index is 0.0575. The highest BCUT2D eigenvalue weighted by molar-refractivity contribution is 6.30. The molecule has 0 unspecified atom stereocenters. The summed E-state index contributed by atoms with van der Waals surface area (Å²) >= 11 is 5.99. The Hall–Kier alpha value is -2.33. The first-order valence-corrected chi connectivity index (χ1v) is 10.7. The molecule has 4 nitrogen and oxygen atoms in total. The van der Waals surface area contributed by atoms with Crippen molar-refractivity contribution in [1.82, 2.24) is 10.2 Å². The average molecular weight is 413 g/mol. The summed E-state index contributed by atoms with van der Waals surface area (Å²) in [5.41, 5.74) is 3.06. The van der Waals surface area contributed by atoms with Crippen LogP contribution in [0.1, 0.15) is 49.3 Å². The molecule has 1 atom stereocenters. The maximum absolute atomic E-state index is 13.2. The molecule has 0 aliphatic heterocycles. The van der Waals surface area contributed by atoms with Gasteiger partial charge in [0.15, 0.2) is 0 Å². The lowest BCUT2D eigenvalue weighted by Gasteiger charge is -2.30. The van der Waals surface area contributed by atoms with Crippen LogP contribution in [0.3, 0.4) is 0 Å². The zero-order chi connectivity index (χ0) is 20.8. The SMILES string of the molecule is Cc1ccc(CC(=O)N(Cc2ccc(Cl)cc2)[C@@H](C)C(=O)NC2CCCC2)cc1. The van der Waals surface area contributed by atoms with Gasteiger partial charge in [0.25, 0.3) is 0 Å². The Morgan fingerprint density at radius 2 is 1.62 bits per heavy atom. The van der Waals surface area contributed by atoms with E-state index >= 15 is 0 Å². The molecule has 1 aliphatic rings. The number of nitrogens with one attached hydrogen (secondary N) is 1. The number of nitrogens with zero attached hydrogens (tertiary/aromatic N) is 1. The van der Waals surface area contributed by atoms with Crippen LogP contribution in [0.5, 0.6) is 0 Å². The Morgan fingerprint density at radius 3 is 2.24 bits per heavy atom. The van der Waals surface area contributed by atoms with Crippen molar-refractivity contribution in [3.63, 3.8) is 0 Å². The van der Waals surface area contributed by atoms with Gasteiger partial charge in [-0.15, -0.1) is 0 Å². The van der Waals surface area contributed by atoms with Gasteiger partial charge < -0.3 is 10.2 Å². The second kappa shape index (κ2) is 9.93. The molecule has 0 saturated heterocycles. The van der Waals surface area contributed by atoms with Crippen LogP contribution in [0.4, 0.5) is 0 Å². The van der Waals surface area contributed by atoms with Crippen LogP contribution in [0.15, 0.2) is 48.5 Å². The lowest BCUT2D eigenvalue weighted by atomic mass is 10.1. The second-order valence-corrected chi connectivity index (χ2v) is 8.41. The Kier molecular flexibility index (Phi) is 7.32. The van der Waals surface area contributed by atoms with Gasteiger partial charge in [-0.05, 0) is 49.9 Å². The molecule has 1 N–H and O–H groups in total. The fraction of sp³-hybridized carbons (Fsp3) is 0.417. The number of halogens is 1. The Labute approximate surface area is 178 Å². The van der Waals surface area contributed by atoms with E-state index in [4.69, 9.17) is 11.6 Å². The minimum atomic E-state index is -0.538. The van der Waals surface area contributed by atoms with E-state index in [-0.39, 0.29) is 24.3 Å². The van der Waals surface area contributed by atoms with Crippen LogP contribution < -0.4 is 5.32 Å². The third-order valence-electron chi connectivity index (χ3n) is 5.61. The number of carbonyl (C=O) groups is 2. The summed E-state index contributed by atoms with van der Waals surface area (Å²) < 4.78 is 0. The molecule has 3 rings (SSSR count). The quantitative estimate of drug-likeness (QED) is 0.718. The highest BCUT2D eigenvalue weighted by Gasteiger charge is 2.28. The third kappa shape index (κ3) is 6.07. The summed E-state index contributed by atoms with van der Waals surface area (Å²) in [5.74, 6) is -0.138. The summed E-state index contributed by atoms with van der Waals surface area (Å²) in [7, 11) is 0. The fourth-order valence-electron chi connectivity index (χ4n) is 3.74. The van der Waals surface area contributed by atoms with Crippen LogP contribution in [0.25, 0.3) is 0 Å². The van der Waals surface area contributed by atoms with Crippen molar-refractivity contribution in [3.8, 4) is 0 Å². The molecule has 1 aliphatic carbocycles.